The van der Waals surface area contributed by atoms with Gasteiger partial charge in [0.25, 0.3) is 0 Å². The molecule has 0 unspecified atom stereocenters. The van der Waals surface area contributed by atoms with Crippen LogP contribution >= 0.6 is 47.5 Å². The molecule has 16 aromatic rings. The minimum Gasteiger partial charge on any atom is -0.779 e. The summed E-state index contributed by atoms with van der Waals surface area (Å²) in [4.78, 5) is 2.16. The Morgan fingerprint density at radius 1 is 0.174 bits per heavy atom. The first-order valence-corrected chi connectivity index (χ1v) is 56.7. The van der Waals surface area contributed by atoms with Crippen LogP contribution in [-0.2, 0) is 58.8 Å². The van der Waals surface area contributed by atoms with Crippen LogP contribution in [-0.4, -0.2) is 48.7 Å². The molecule has 0 atom stereocenters. The van der Waals surface area contributed by atoms with Gasteiger partial charge in [-0.15, -0.1) is 36.4 Å². The first kappa shape index (κ1) is 104. The van der Waals surface area contributed by atoms with E-state index >= 15 is 0 Å². The summed E-state index contributed by atoms with van der Waals surface area (Å²) in [6.07, 6.45) is -2.28. The van der Waals surface area contributed by atoms with E-state index in [9.17, 15) is 0 Å². The Morgan fingerprint density at radius 3 is 0.394 bits per heavy atom. The molecule has 16 rings (SSSR count). The first-order valence-electron chi connectivity index (χ1n) is 46.7. The van der Waals surface area contributed by atoms with E-state index in [1.54, 1.807) is 0 Å². The molecule has 0 saturated heterocycles. The number of hydrogen-bond acceptors (Lipinski definition) is 2. The van der Waals surface area contributed by atoms with Gasteiger partial charge in [0.1, 0.15) is 0 Å². The Bertz CT molecular complexity index is 4900. The second-order valence-corrected chi connectivity index (χ2v) is 50.8. The van der Waals surface area contributed by atoms with Crippen LogP contribution in [0.4, 0.5) is 0 Å². The molecule has 132 heavy (non-hydrogen) atoms. The molecule has 0 spiro atoms. The van der Waals surface area contributed by atoms with Crippen LogP contribution in [0.1, 0.15) is 152 Å². The van der Waals surface area contributed by atoms with Crippen LogP contribution in [0.15, 0.2) is 459 Å². The zero-order valence-electron chi connectivity index (χ0n) is 78.8. The molecule has 12 heteroatoms. The maximum atomic E-state index is 5.59. The molecular weight excluding hydrogens is 1830 g/mol. The van der Waals surface area contributed by atoms with E-state index in [0.29, 0.717) is 35.5 Å². The van der Waals surface area contributed by atoms with E-state index in [-0.39, 0.29) is 33.6 Å². The summed E-state index contributed by atoms with van der Waals surface area (Å²) in [5.41, 5.74) is 11.2. The fraction of sp³-hybridized carbons (Fsp3) is 0.200. The van der Waals surface area contributed by atoms with Gasteiger partial charge in [0.15, 0.2) is 0 Å². The Hall–Kier alpha value is -8.32. The van der Waals surface area contributed by atoms with Crippen molar-refractivity contribution in [1.29, 1.82) is 0 Å². The monoisotopic (exact) mass is 1960 g/mol. The molecule has 0 aromatic heterocycles. The fourth-order valence-corrected chi connectivity index (χ4v) is 38.1. The summed E-state index contributed by atoms with van der Waals surface area (Å²) >= 11 is 11.2. The molecule has 2 radical (unpaired) electrons. The Balaban J connectivity index is 0.000000189. The van der Waals surface area contributed by atoms with Crippen molar-refractivity contribution in [3.8, 4) is 0 Å². The van der Waals surface area contributed by atoms with Gasteiger partial charge in [-0.25, -0.2) is 10.9 Å². The molecule has 0 aliphatic carbocycles. The average Bonchev–Trinajstić information content (AvgIpc) is 0.765. The van der Waals surface area contributed by atoms with E-state index in [0.717, 1.165) is 46.2 Å². The van der Waals surface area contributed by atoms with Gasteiger partial charge >= 0.3 is 33.6 Å². The second kappa shape index (κ2) is 52.7. The molecule has 674 valence electrons. The molecule has 0 nitrogen and oxygen atoms in total. The zero-order chi connectivity index (χ0) is 91.2. The van der Waals surface area contributed by atoms with Gasteiger partial charge in [0.05, 0.1) is 0 Å². The third-order valence-corrected chi connectivity index (χ3v) is 43.6. The Labute approximate surface area is 832 Å². The van der Waals surface area contributed by atoms with Gasteiger partial charge in [0, 0.05) is 12.3 Å². The largest absolute Gasteiger partial charge is 2.00 e. The van der Waals surface area contributed by atoms with Crippen molar-refractivity contribution in [2.75, 3.05) is 36.4 Å². The van der Waals surface area contributed by atoms with Crippen molar-refractivity contribution in [2.45, 2.75) is 128 Å². The Kier molecular flexibility index (Phi) is 41.6. The smallest absolute Gasteiger partial charge is 0.779 e. The topological polar surface area (TPSA) is 0 Å². The zero-order valence-corrected chi connectivity index (χ0v) is 87.8. The molecule has 0 aliphatic rings. The molecule has 0 saturated carbocycles. The minimum absolute atomic E-state index is 0. The maximum Gasteiger partial charge on any atom is 2.00 e. The summed E-state index contributed by atoms with van der Waals surface area (Å²) in [6, 6.07) is 176. The van der Waals surface area contributed by atoms with Crippen LogP contribution < -0.4 is 74.6 Å². The number of rotatable bonds is 32. The van der Waals surface area contributed by atoms with Crippen molar-refractivity contribution < 1.29 is 33.6 Å². The SMILES string of the molecule is CC(C)c1cc(C(C)C)c([S-])c(C(C)C)c1.CC(C)c1cc(C(C)C)c([S-])c(C(C)C)c1.[Co+2].[Co+2].c1ccc(P(C[B-](CP(c2ccccc2)c2ccccc2)(CP(c2ccccc2)c2ccccc2)c2ccccc2)c2ccccc2)cc1.c1ccc(P(C[B-](CP(c2ccccc2)c2ccccc2)(CP(c2ccccc2)c2ccccc2)c2ccccc2)c2ccccc2)cc1. The van der Waals surface area contributed by atoms with Crippen molar-refractivity contribution in [3.63, 3.8) is 0 Å². The second-order valence-electron chi connectivity index (χ2n) is 36.5. The van der Waals surface area contributed by atoms with Gasteiger partial charge in [-0.05, 0) is 110 Å². The van der Waals surface area contributed by atoms with Crippen molar-refractivity contribution in [3.05, 3.63) is 482 Å². The first-order chi connectivity index (χ1) is 63.3. The molecule has 0 fully saturated rings. The van der Waals surface area contributed by atoms with E-state index in [2.05, 4.69) is 532 Å². The normalized spacial score (nSPS) is 11.5. The summed E-state index contributed by atoms with van der Waals surface area (Å²) in [7, 11) is -3.90. The van der Waals surface area contributed by atoms with Crippen LogP contribution in [0.2, 0.25) is 0 Å². The predicted molar refractivity (Wildman–Crippen MR) is 596 cm³/mol. The molecule has 0 heterocycles. The van der Waals surface area contributed by atoms with Gasteiger partial charge in [-0.2, -0.15) is 9.79 Å². The van der Waals surface area contributed by atoms with Crippen LogP contribution in [0, 0.1) is 0 Å². The standard InChI is InChI=1S/2C45H41BP3.2C15H24S.2Co/c2*1-8-22-39(23-9-1)46(36-47(40-24-10-2-11-25-40)41-26-12-3-13-27-41,37-48(42-28-14-4-15-29-42)43-30-16-5-17-31-43)38-49(44-32-18-6-19-33-44)45-34-20-7-21-35-45;2*1-9(2)12-7-13(10(3)4)15(16)14(8-12)11(5)6;;/h2*1-35H,36-38H2;2*7-11,16H,1-6H3;;/q2*-1;;;2*+2/p-2. The fourth-order valence-electron chi connectivity index (χ4n) is 18.0. The molecule has 0 amide bonds. The summed E-state index contributed by atoms with van der Waals surface area (Å²) in [5, 5.41) is 17.5. The molecule has 0 aliphatic heterocycles. The third-order valence-electron chi connectivity index (χ3n) is 25.2. The van der Waals surface area contributed by atoms with Crippen LogP contribution in [0.25, 0.3) is 0 Å². The molecule has 0 bridgehead atoms. The van der Waals surface area contributed by atoms with Gasteiger partial charge in [-0.1, -0.05) is 602 Å². The summed E-state index contributed by atoms with van der Waals surface area (Å²) in [6.45, 7) is 26.7. The Morgan fingerprint density at radius 2 is 0.288 bits per heavy atom. The predicted octanol–water partition coefficient (Wildman–Crippen LogP) is 26.6. The average molecular weight is 1960 g/mol. The number of benzene rings is 16. The minimum atomic E-state index is -1.14. The van der Waals surface area contributed by atoms with E-state index in [4.69, 9.17) is 25.3 Å². The molecule has 0 N–H and O–H groups in total. The molecule has 16 aromatic carbocycles. The molecular formula is C120H128B2Co2P6S2. The van der Waals surface area contributed by atoms with E-state index in [1.165, 1.54) is 108 Å². The van der Waals surface area contributed by atoms with E-state index in [1.807, 2.05) is 0 Å². The van der Waals surface area contributed by atoms with Gasteiger partial charge in [-0.3, -0.25) is 0 Å². The van der Waals surface area contributed by atoms with Gasteiger partial charge in [0.2, 0.25) is 0 Å². The third kappa shape index (κ3) is 28.4. The summed E-state index contributed by atoms with van der Waals surface area (Å²) in [5.74, 6) is 3.22. The van der Waals surface area contributed by atoms with Crippen LogP contribution in [0.5, 0.6) is 0 Å². The summed E-state index contributed by atoms with van der Waals surface area (Å²) < 4.78 is 0. The van der Waals surface area contributed by atoms with Crippen LogP contribution in [0.3, 0.4) is 0 Å². The van der Waals surface area contributed by atoms with Gasteiger partial charge < -0.3 is 25.3 Å². The maximum absolute atomic E-state index is 5.59. The van der Waals surface area contributed by atoms with E-state index < -0.39 is 59.8 Å². The van der Waals surface area contributed by atoms with Crippen molar-refractivity contribution >= 4 is 160 Å². The van der Waals surface area contributed by atoms with Crippen molar-refractivity contribution in [2.24, 2.45) is 0 Å². The number of hydrogen-bond donors (Lipinski definition) is 0. The van der Waals surface area contributed by atoms with Crippen molar-refractivity contribution in [1.82, 2.24) is 0 Å². The quantitative estimate of drug-likeness (QED) is 0.0234.